The molecule has 4 heterocycles. The van der Waals surface area contributed by atoms with Crippen molar-refractivity contribution in [2.24, 2.45) is 4.99 Å². The number of benzene rings is 2. The number of rotatable bonds is 8. The van der Waals surface area contributed by atoms with E-state index in [1.165, 1.54) is 53.8 Å². The van der Waals surface area contributed by atoms with Crippen LogP contribution < -0.4 is 4.72 Å². The lowest BCUT2D eigenvalue weighted by molar-refractivity contribution is 0.0564. The molecule has 1 N–H and O–H groups in total. The van der Waals surface area contributed by atoms with Gasteiger partial charge in [-0.2, -0.15) is 13.9 Å². The van der Waals surface area contributed by atoms with Crippen LogP contribution in [0, 0.1) is 5.82 Å². The van der Waals surface area contributed by atoms with Gasteiger partial charge < -0.3 is 4.90 Å². The van der Waals surface area contributed by atoms with Gasteiger partial charge in [0, 0.05) is 64.2 Å². The van der Waals surface area contributed by atoms with E-state index in [1.54, 1.807) is 16.5 Å². The normalized spacial score (nSPS) is 18.9. The first-order valence-corrected chi connectivity index (χ1v) is 15.2. The highest BCUT2D eigenvalue weighted by Gasteiger charge is 2.42. The topological polar surface area (TPSA) is 110 Å². The largest absolute Gasteiger partial charge is 0.333 e. The average molecular weight is 633 g/mol. The molecule has 216 valence electrons. The molecule has 0 amide bonds. The zero-order chi connectivity index (χ0) is 29.6. The Kier molecular flexibility index (Phi) is 7.47. The van der Waals surface area contributed by atoms with Crippen molar-refractivity contribution in [2.75, 3.05) is 6.54 Å². The summed E-state index contributed by atoms with van der Waals surface area (Å²) in [7, 11) is -4.00. The predicted octanol–water partition coefficient (Wildman–Crippen LogP) is 5.31. The first-order valence-electron chi connectivity index (χ1n) is 12.5. The molecule has 15 heteroatoms. The minimum Gasteiger partial charge on any atom is -0.326 e. The molecule has 6 rings (SSSR count). The molecular weight excluding hydrogens is 613 g/mol. The van der Waals surface area contributed by atoms with Crippen molar-refractivity contribution in [1.29, 1.82) is 0 Å². The van der Waals surface area contributed by atoms with Gasteiger partial charge >= 0.3 is 6.55 Å². The van der Waals surface area contributed by atoms with Crippen LogP contribution in [0.1, 0.15) is 45.6 Å². The first-order chi connectivity index (χ1) is 20.1. The van der Waals surface area contributed by atoms with Crippen molar-refractivity contribution >= 4 is 50.7 Å². The molecule has 0 radical (unpaired) electrons. The lowest BCUT2D eigenvalue weighted by atomic mass is 9.92. The number of hydrogen-bond acceptors (Lipinski definition) is 8. The molecule has 0 unspecified atom stereocenters. The number of nitrogens with one attached hydrogen (secondary N) is 1. The molecule has 2 aromatic heterocycles. The quantitative estimate of drug-likeness (QED) is 0.264. The fraction of sp³-hybridized carbons (Fsp3) is 0.185. The number of carbonyl (C=O) groups is 1. The predicted molar refractivity (Wildman–Crippen MR) is 150 cm³/mol. The van der Waals surface area contributed by atoms with Crippen molar-refractivity contribution in [3.63, 3.8) is 0 Å². The monoisotopic (exact) mass is 632 g/mol. The van der Waals surface area contributed by atoms with E-state index in [2.05, 4.69) is 14.8 Å². The van der Waals surface area contributed by atoms with Gasteiger partial charge in [0.25, 0.3) is 0 Å². The number of carbonyl (C=O) groups excluding carboxylic acids is 1. The SMILES string of the molecule is O=Cc1ccc(S(=O)(=O)N[C@H]2CC3=C(c4ccn(C(F)F)n4)[C@H](c4ccc(F)cc4Cl)N=C(c4nccs4)N3C2)cc1. The minimum absolute atomic E-state index is 0.0207. The number of hydrogen-bond donors (Lipinski definition) is 1. The second kappa shape index (κ2) is 11.1. The number of amidine groups is 1. The van der Waals surface area contributed by atoms with Crippen molar-refractivity contribution in [2.45, 2.75) is 29.9 Å². The van der Waals surface area contributed by atoms with Crippen LogP contribution in [0.2, 0.25) is 5.02 Å². The van der Waals surface area contributed by atoms with Gasteiger partial charge in [0.2, 0.25) is 10.0 Å². The van der Waals surface area contributed by atoms with Crippen LogP contribution >= 0.6 is 22.9 Å². The Morgan fingerprint density at radius 1 is 1.14 bits per heavy atom. The third-order valence-electron chi connectivity index (χ3n) is 6.87. The van der Waals surface area contributed by atoms with Crippen molar-refractivity contribution in [3.8, 4) is 0 Å². The maximum atomic E-state index is 14.0. The summed E-state index contributed by atoms with van der Waals surface area (Å²) in [4.78, 5) is 22.1. The molecule has 1 saturated heterocycles. The number of aliphatic imine (C=N–C) groups is 1. The van der Waals surface area contributed by atoms with E-state index in [-0.39, 0.29) is 28.6 Å². The highest BCUT2D eigenvalue weighted by Crippen LogP contribution is 2.46. The van der Waals surface area contributed by atoms with Crippen molar-refractivity contribution in [3.05, 3.63) is 105 Å². The Bertz CT molecular complexity index is 1830. The molecule has 42 heavy (non-hydrogen) atoms. The lowest BCUT2D eigenvalue weighted by Gasteiger charge is -2.32. The number of aldehydes is 1. The molecule has 0 spiro atoms. The maximum Gasteiger partial charge on any atom is 0.333 e. The van der Waals surface area contributed by atoms with Gasteiger partial charge in [-0.3, -0.25) is 9.79 Å². The third-order valence-corrected chi connectivity index (χ3v) is 9.51. The fourth-order valence-electron chi connectivity index (χ4n) is 5.05. The number of nitrogens with zero attached hydrogens (tertiary/aromatic N) is 5. The van der Waals surface area contributed by atoms with E-state index >= 15 is 0 Å². The number of sulfonamides is 1. The van der Waals surface area contributed by atoms with Crippen LogP contribution in [0.3, 0.4) is 0 Å². The van der Waals surface area contributed by atoms with E-state index in [9.17, 15) is 26.4 Å². The smallest absolute Gasteiger partial charge is 0.326 e. The van der Waals surface area contributed by atoms with E-state index in [0.29, 0.717) is 44.2 Å². The second-order valence-corrected chi connectivity index (χ2v) is 12.5. The standard InChI is InChI=1S/C27H20ClF3N6O3S2/c28-20-11-16(29)3-6-19(20)24-23(21-7-9-37(34-21)27(30)31)22-12-17(13-36(22)25(33-24)26-32-8-10-41-26)35-42(39,40)18-4-1-15(14-38)2-5-18/h1-11,14,17,24,27,35H,12-13H2/t17-,24-/m0/s1. The summed E-state index contributed by atoms with van der Waals surface area (Å²) in [6.45, 7) is -2.73. The Morgan fingerprint density at radius 2 is 1.93 bits per heavy atom. The molecule has 2 aromatic carbocycles. The molecule has 2 atom stereocenters. The van der Waals surface area contributed by atoms with Crippen molar-refractivity contribution in [1.82, 2.24) is 24.4 Å². The Hall–Kier alpha value is -3.85. The Labute approximate surface area is 247 Å². The Morgan fingerprint density at radius 3 is 2.57 bits per heavy atom. The summed E-state index contributed by atoms with van der Waals surface area (Å²) >= 11 is 7.79. The van der Waals surface area contributed by atoms with Crippen LogP contribution in [0.4, 0.5) is 13.2 Å². The van der Waals surface area contributed by atoms with Gasteiger partial charge in [0.05, 0.1) is 10.6 Å². The average Bonchev–Trinajstić information content (AvgIpc) is 3.73. The Balaban J connectivity index is 1.47. The van der Waals surface area contributed by atoms with Crippen molar-refractivity contribution < 1.29 is 26.4 Å². The van der Waals surface area contributed by atoms with E-state index in [4.69, 9.17) is 16.6 Å². The molecular formula is C27H20ClF3N6O3S2. The van der Waals surface area contributed by atoms with E-state index < -0.39 is 34.5 Å². The molecule has 9 nitrogen and oxygen atoms in total. The van der Waals surface area contributed by atoms with E-state index in [0.717, 1.165) is 12.3 Å². The summed E-state index contributed by atoms with van der Waals surface area (Å²) in [6, 6.07) is 9.23. The summed E-state index contributed by atoms with van der Waals surface area (Å²) in [5.74, 6) is -0.127. The molecule has 4 aromatic rings. The molecule has 0 saturated carbocycles. The number of fused-ring (bicyclic) bond motifs is 1. The third kappa shape index (κ3) is 5.26. The summed E-state index contributed by atoms with van der Waals surface area (Å²) in [6.07, 6.45) is 3.51. The van der Waals surface area contributed by atoms with Crippen LogP contribution in [0.15, 0.2) is 81.9 Å². The number of aromatic nitrogens is 3. The van der Waals surface area contributed by atoms with Gasteiger partial charge in [-0.1, -0.05) is 29.8 Å². The first kappa shape index (κ1) is 28.3. The van der Waals surface area contributed by atoms with Crippen LogP contribution in [-0.4, -0.2) is 52.8 Å². The summed E-state index contributed by atoms with van der Waals surface area (Å²) in [5.41, 5.74) is 1.96. The number of alkyl halides is 2. The molecule has 1 fully saturated rings. The maximum absolute atomic E-state index is 14.0. The second-order valence-electron chi connectivity index (χ2n) is 9.50. The number of halogens is 4. The summed E-state index contributed by atoms with van der Waals surface area (Å²) < 4.78 is 70.8. The molecule has 0 aliphatic carbocycles. The summed E-state index contributed by atoms with van der Waals surface area (Å²) in [5, 5.41) is 6.47. The molecule has 2 aliphatic heterocycles. The minimum atomic E-state index is -4.00. The van der Waals surface area contributed by atoms with E-state index in [1.807, 2.05) is 0 Å². The zero-order valence-electron chi connectivity index (χ0n) is 21.4. The number of thiazole rings is 1. The van der Waals surface area contributed by atoms with Crippen LogP contribution in [0.5, 0.6) is 0 Å². The molecule has 0 bridgehead atoms. The van der Waals surface area contributed by atoms with Crippen LogP contribution in [0.25, 0.3) is 5.57 Å². The highest BCUT2D eigenvalue weighted by atomic mass is 35.5. The fourth-order valence-corrected chi connectivity index (χ4v) is 7.18. The zero-order valence-corrected chi connectivity index (χ0v) is 23.8. The molecule has 2 aliphatic rings. The van der Waals surface area contributed by atoms with Gasteiger partial charge in [-0.15, -0.1) is 11.3 Å². The van der Waals surface area contributed by atoms with Gasteiger partial charge in [-0.05, 0) is 30.3 Å². The van der Waals surface area contributed by atoms with Gasteiger partial charge in [0.1, 0.15) is 18.1 Å². The van der Waals surface area contributed by atoms with Gasteiger partial charge in [-0.25, -0.2) is 27.2 Å². The lowest BCUT2D eigenvalue weighted by Crippen LogP contribution is -2.39. The van der Waals surface area contributed by atoms with Crippen LogP contribution in [-0.2, 0) is 10.0 Å². The van der Waals surface area contributed by atoms with Gasteiger partial charge in [0.15, 0.2) is 10.8 Å². The highest BCUT2D eigenvalue weighted by molar-refractivity contribution is 7.89.